The van der Waals surface area contributed by atoms with Gasteiger partial charge in [0.05, 0.1) is 13.2 Å². The number of aryl methyl sites for hydroxylation is 1. The number of fused-ring (bicyclic) bond motifs is 1. The molecule has 2 unspecified atom stereocenters. The van der Waals surface area contributed by atoms with Crippen molar-refractivity contribution in [2.75, 3.05) is 7.11 Å². The van der Waals surface area contributed by atoms with Crippen LogP contribution in [0.4, 0.5) is 0 Å². The van der Waals surface area contributed by atoms with E-state index >= 15 is 0 Å². The summed E-state index contributed by atoms with van der Waals surface area (Å²) in [5, 5.41) is 10.6. The third-order valence-electron chi connectivity index (χ3n) is 3.70. The Bertz CT molecular complexity index is 586. The van der Waals surface area contributed by atoms with Gasteiger partial charge in [-0.2, -0.15) is 0 Å². The van der Waals surface area contributed by atoms with Crippen LogP contribution in [0.1, 0.15) is 35.3 Å². The Labute approximate surface area is 112 Å². The third-order valence-corrected chi connectivity index (χ3v) is 3.70. The highest BCUT2D eigenvalue weighted by molar-refractivity contribution is 5.35. The van der Waals surface area contributed by atoms with E-state index in [0.717, 1.165) is 24.1 Å². The molecule has 0 fully saturated rings. The predicted octanol–water partition coefficient (Wildman–Crippen LogP) is 2.25. The summed E-state index contributed by atoms with van der Waals surface area (Å²) in [4.78, 5) is 8.56. The summed E-state index contributed by atoms with van der Waals surface area (Å²) < 4.78 is 5.22. The molecular weight excluding hydrogens is 240 g/mol. The van der Waals surface area contributed by atoms with Crippen molar-refractivity contribution in [1.29, 1.82) is 0 Å². The van der Waals surface area contributed by atoms with Crippen molar-refractivity contribution in [3.05, 3.63) is 53.5 Å². The Hall–Kier alpha value is -1.94. The number of aromatic nitrogens is 2. The van der Waals surface area contributed by atoms with Gasteiger partial charge in [-0.3, -0.25) is 4.98 Å². The number of rotatable bonds is 3. The summed E-state index contributed by atoms with van der Waals surface area (Å²) in [7, 11) is 1.57. The maximum atomic E-state index is 10.6. The van der Waals surface area contributed by atoms with Crippen LogP contribution in [-0.4, -0.2) is 22.2 Å². The van der Waals surface area contributed by atoms with E-state index < -0.39 is 6.10 Å². The predicted molar refractivity (Wildman–Crippen MR) is 71.0 cm³/mol. The molecule has 0 saturated carbocycles. The molecule has 0 amide bonds. The highest BCUT2D eigenvalue weighted by atomic mass is 16.5. The molecule has 1 aliphatic rings. The molecule has 1 aliphatic carbocycles. The molecule has 0 bridgehead atoms. The van der Waals surface area contributed by atoms with Crippen LogP contribution in [0.5, 0.6) is 5.88 Å². The van der Waals surface area contributed by atoms with Crippen LogP contribution in [0.3, 0.4) is 0 Å². The highest BCUT2D eigenvalue weighted by Crippen LogP contribution is 2.42. The van der Waals surface area contributed by atoms with Gasteiger partial charge in [0.2, 0.25) is 5.88 Å². The van der Waals surface area contributed by atoms with Crippen LogP contribution in [0.25, 0.3) is 0 Å². The number of methoxy groups -OCH3 is 1. The van der Waals surface area contributed by atoms with Crippen molar-refractivity contribution in [2.24, 2.45) is 0 Å². The minimum atomic E-state index is -0.625. The molecule has 2 atom stereocenters. The molecule has 19 heavy (non-hydrogen) atoms. The summed E-state index contributed by atoms with van der Waals surface area (Å²) in [6.07, 6.45) is 4.69. The molecule has 4 heteroatoms. The van der Waals surface area contributed by atoms with Gasteiger partial charge in [0.1, 0.15) is 0 Å². The zero-order chi connectivity index (χ0) is 13.2. The molecule has 2 aromatic heterocycles. The second-order valence-corrected chi connectivity index (χ2v) is 4.74. The maximum Gasteiger partial charge on any atom is 0.218 e. The monoisotopic (exact) mass is 256 g/mol. The molecule has 0 saturated heterocycles. The van der Waals surface area contributed by atoms with Crippen LogP contribution in [0.15, 0.2) is 36.7 Å². The first-order valence-electron chi connectivity index (χ1n) is 6.42. The molecule has 3 rings (SSSR count). The molecular formula is C15H16N2O2. The summed E-state index contributed by atoms with van der Waals surface area (Å²) in [5.74, 6) is 0.508. The molecule has 98 valence electrons. The molecule has 2 heterocycles. The van der Waals surface area contributed by atoms with Gasteiger partial charge in [0, 0.05) is 29.6 Å². The van der Waals surface area contributed by atoms with E-state index in [4.69, 9.17) is 4.74 Å². The molecule has 0 spiro atoms. The number of nitrogens with zero attached hydrogens (tertiary/aromatic N) is 2. The number of hydrogen-bond acceptors (Lipinski definition) is 4. The Kier molecular flexibility index (Phi) is 3.17. The van der Waals surface area contributed by atoms with Gasteiger partial charge in [0.15, 0.2) is 0 Å². The maximum absolute atomic E-state index is 10.6. The highest BCUT2D eigenvalue weighted by Gasteiger charge is 2.32. The van der Waals surface area contributed by atoms with Crippen LogP contribution in [0, 0.1) is 0 Å². The van der Waals surface area contributed by atoms with Crippen molar-refractivity contribution in [3.63, 3.8) is 0 Å². The van der Waals surface area contributed by atoms with Crippen molar-refractivity contribution in [2.45, 2.75) is 24.9 Å². The first kappa shape index (κ1) is 12.1. The molecule has 0 aromatic carbocycles. The molecule has 0 aliphatic heterocycles. The van der Waals surface area contributed by atoms with Crippen molar-refractivity contribution in [3.8, 4) is 5.88 Å². The first-order valence-corrected chi connectivity index (χ1v) is 6.42. The second kappa shape index (κ2) is 4.97. The van der Waals surface area contributed by atoms with Gasteiger partial charge in [-0.05, 0) is 36.6 Å². The number of pyridine rings is 2. The Morgan fingerprint density at radius 3 is 2.89 bits per heavy atom. The standard InChI is InChI=1S/C15H16N2O2/c1-19-15-12(5-3-9-17-15)14(18)11-7-6-10-4-2-8-16-13(10)11/h2-5,8-9,11,14,18H,6-7H2,1H3. The lowest BCUT2D eigenvalue weighted by molar-refractivity contribution is 0.139. The van der Waals surface area contributed by atoms with Gasteiger partial charge in [-0.25, -0.2) is 4.98 Å². The van der Waals surface area contributed by atoms with Gasteiger partial charge in [-0.15, -0.1) is 0 Å². The Morgan fingerprint density at radius 2 is 2.05 bits per heavy atom. The average Bonchev–Trinajstić information content (AvgIpc) is 2.90. The first-order chi connectivity index (χ1) is 9.31. The van der Waals surface area contributed by atoms with Gasteiger partial charge in [0.25, 0.3) is 0 Å². The van der Waals surface area contributed by atoms with Crippen molar-refractivity contribution >= 4 is 0 Å². The summed E-state index contributed by atoms with van der Waals surface area (Å²) in [6.45, 7) is 0. The topological polar surface area (TPSA) is 55.2 Å². The molecule has 2 aromatic rings. The lowest BCUT2D eigenvalue weighted by Gasteiger charge is -2.20. The van der Waals surface area contributed by atoms with Crippen LogP contribution < -0.4 is 4.74 Å². The zero-order valence-electron chi connectivity index (χ0n) is 10.8. The second-order valence-electron chi connectivity index (χ2n) is 4.74. The fourth-order valence-electron chi connectivity index (χ4n) is 2.77. The van der Waals surface area contributed by atoms with Gasteiger partial charge < -0.3 is 9.84 Å². The van der Waals surface area contributed by atoms with E-state index in [9.17, 15) is 5.11 Å². The van der Waals surface area contributed by atoms with Crippen molar-refractivity contribution < 1.29 is 9.84 Å². The smallest absolute Gasteiger partial charge is 0.218 e. The van der Waals surface area contributed by atoms with E-state index in [0.29, 0.717) is 5.88 Å². The number of aliphatic hydroxyl groups is 1. The average molecular weight is 256 g/mol. The quantitative estimate of drug-likeness (QED) is 0.915. The molecule has 1 N–H and O–H groups in total. The SMILES string of the molecule is COc1ncccc1C(O)C1CCc2cccnc21. The fraction of sp³-hybridized carbons (Fsp3) is 0.333. The lowest BCUT2D eigenvalue weighted by Crippen LogP contribution is -2.11. The molecule has 0 radical (unpaired) electrons. The normalized spacial score (nSPS) is 18.9. The number of ether oxygens (including phenoxy) is 1. The van der Waals surface area contributed by atoms with Crippen LogP contribution in [-0.2, 0) is 6.42 Å². The van der Waals surface area contributed by atoms with E-state index in [-0.39, 0.29) is 5.92 Å². The molecule has 4 nitrogen and oxygen atoms in total. The minimum absolute atomic E-state index is 0.0225. The zero-order valence-corrected chi connectivity index (χ0v) is 10.8. The minimum Gasteiger partial charge on any atom is -0.481 e. The van der Waals surface area contributed by atoms with E-state index in [1.165, 1.54) is 5.56 Å². The number of hydrogen-bond donors (Lipinski definition) is 1. The summed E-state index contributed by atoms with van der Waals surface area (Å²) >= 11 is 0. The third kappa shape index (κ3) is 2.08. The van der Waals surface area contributed by atoms with Gasteiger partial charge in [-0.1, -0.05) is 6.07 Å². The summed E-state index contributed by atoms with van der Waals surface area (Å²) in [5.41, 5.74) is 2.96. The summed E-state index contributed by atoms with van der Waals surface area (Å²) in [6, 6.07) is 7.70. The van der Waals surface area contributed by atoms with Gasteiger partial charge >= 0.3 is 0 Å². The Morgan fingerprint density at radius 1 is 1.26 bits per heavy atom. The number of aliphatic hydroxyl groups excluding tert-OH is 1. The van der Waals surface area contributed by atoms with E-state index in [1.54, 1.807) is 19.5 Å². The largest absolute Gasteiger partial charge is 0.481 e. The van der Waals surface area contributed by atoms with Crippen LogP contribution in [0.2, 0.25) is 0 Å². The fourth-order valence-corrected chi connectivity index (χ4v) is 2.77. The van der Waals surface area contributed by atoms with Crippen molar-refractivity contribution in [1.82, 2.24) is 9.97 Å². The Balaban J connectivity index is 1.95. The van der Waals surface area contributed by atoms with E-state index in [1.807, 2.05) is 18.2 Å². The van der Waals surface area contributed by atoms with E-state index in [2.05, 4.69) is 16.0 Å². The van der Waals surface area contributed by atoms with Crippen LogP contribution >= 0.6 is 0 Å². The lowest BCUT2D eigenvalue weighted by atomic mass is 9.94.